The van der Waals surface area contributed by atoms with Crippen LogP contribution in [0.15, 0.2) is 27.9 Å². The topological polar surface area (TPSA) is 84.5 Å². The van der Waals surface area contributed by atoms with E-state index in [0.29, 0.717) is 36.8 Å². The predicted octanol–water partition coefficient (Wildman–Crippen LogP) is 1.59. The molecule has 0 atom stereocenters. The van der Waals surface area contributed by atoms with Crippen LogP contribution in [0.1, 0.15) is 41.9 Å². The number of amides is 1. The Morgan fingerprint density at radius 3 is 2.57 bits per heavy atom. The molecule has 0 radical (unpaired) electrons. The van der Waals surface area contributed by atoms with Crippen molar-refractivity contribution in [1.82, 2.24) is 24.6 Å². The smallest absolute Gasteiger partial charge is 0.349 e. The molecule has 1 amide bonds. The number of aryl methyl sites for hydroxylation is 2. The van der Waals surface area contributed by atoms with Gasteiger partial charge in [0.15, 0.2) is 0 Å². The van der Waals surface area contributed by atoms with Crippen molar-refractivity contribution < 1.29 is 9.21 Å². The van der Waals surface area contributed by atoms with E-state index in [4.69, 9.17) is 4.42 Å². The van der Waals surface area contributed by atoms with Crippen LogP contribution in [0.25, 0.3) is 0 Å². The second-order valence-corrected chi connectivity index (χ2v) is 7.78. The number of hydrogen-bond acceptors (Lipinski definition) is 6. The third-order valence-corrected chi connectivity index (χ3v) is 5.15. The summed E-state index contributed by atoms with van der Waals surface area (Å²) in [7, 11) is 0. The summed E-state index contributed by atoms with van der Waals surface area (Å²) in [6, 6.07) is 1.84. The number of rotatable bonds is 7. The van der Waals surface area contributed by atoms with E-state index >= 15 is 0 Å². The van der Waals surface area contributed by atoms with E-state index in [1.54, 1.807) is 15.9 Å². The van der Waals surface area contributed by atoms with Crippen LogP contribution in [0.3, 0.4) is 0 Å². The van der Waals surface area contributed by atoms with Crippen molar-refractivity contribution >= 4 is 5.91 Å². The van der Waals surface area contributed by atoms with Crippen LogP contribution in [-0.2, 0) is 13.0 Å². The van der Waals surface area contributed by atoms with Gasteiger partial charge in [0.2, 0.25) is 0 Å². The maximum atomic E-state index is 12.9. The summed E-state index contributed by atoms with van der Waals surface area (Å²) in [5.41, 5.74) is 0.357. The monoisotopic (exact) mass is 387 g/mol. The second kappa shape index (κ2) is 9.14. The van der Waals surface area contributed by atoms with Crippen LogP contribution in [0, 0.1) is 12.8 Å². The predicted molar refractivity (Wildman–Crippen MR) is 105 cm³/mol. The highest BCUT2D eigenvalue weighted by molar-refractivity contribution is 5.95. The van der Waals surface area contributed by atoms with Crippen molar-refractivity contribution in [2.75, 3.05) is 32.7 Å². The molecule has 2 aromatic heterocycles. The number of carbonyl (C=O) groups excluding carboxylic acids is 1. The van der Waals surface area contributed by atoms with Gasteiger partial charge in [-0.15, -0.1) is 0 Å². The fraction of sp³-hybridized carbons (Fsp3) is 0.600. The lowest BCUT2D eigenvalue weighted by molar-refractivity contribution is 0.0626. The van der Waals surface area contributed by atoms with Gasteiger partial charge in [-0.05, 0) is 30.9 Å². The summed E-state index contributed by atoms with van der Waals surface area (Å²) < 4.78 is 7.22. The molecule has 0 aromatic carbocycles. The molecule has 8 heteroatoms. The highest BCUT2D eigenvalue weighted by atomic mass is 16.4. The van der Waals surface area contributed by atoms with E-state index in [-0.39, 0.29) is 11.5 Å². The lowest BCUT2D eigenvalue weighted by Crippen LogP contribution is -2.50. The highest BCUT2D eigenvalue weighted by Gasteiger charge is 2.26. The summed E-state index contributed by atoms with van der Waals surface area (Å²) in [5, 5.41) is 4.10. The van der Waals surface area contributed by atoms with Crippen LogP contribution >= 0.6 is 0 Å². The molecule has 28 heavy (non-hydrogen) atoms. The van der Waals surface area contributed by atoms with Crippen LogP contribution < -0.4 is 5.63 Å². The quantitative estimate of drug-likeness (QED) is 0.717. The van der Waals surface area contributed by atoms with Crippen LogP contribution in [-0.4, -0.2) is 63.2 Å². The fourth-order valence-corrected chi connectivity index (χ4v) is 3.41. The SMILES string of the molecule is Cc1cc(CCC(C)C)oc(=O)c1C(=O)N1CCN(CCn2cncn2)CC1. The van der Waals surface area contributed by atoms with Gasteiger partial charge in [0.05, 0.1) is 6.54 Å². The summed E-state index contributed by atoms with van der Waals surface area (Å²) in [6.45, 7) is 10.5. The molecule has 2 aromatic rings. The van der Waals surface area contributed by atoms with Gasteiger partial charge in [0.25, 0.3) is 5.91 Å². The number of nitrogens with zero attached hydrogens (tertiary/aromatic N) is 5. The number of aromatic nitrogens is 3. The van der Waals surface area contributed by atoms with Crippen molar-refractivity contribution in [2.24, 2.45) is 5.92 Å². The summed E-state index contributed by atoms with van der Waals surface area (Å²) in [6.07, 6.45) is 4.89. The van der Waals surface area contributed by atoms with Crippen molar-refractivity contribution in [2.45, 2.75) is 40.2 Å². The van der Waals surface area contributed by atoms with Crippen LogP contribution in [0.2, 0.25) is 0 Å². The lowest BCUT2D eigenvalue weighted by atomic mass is 10.0. The van der Waals surface area contributed by atoms with Crippen LogP contribution in [0.5, 0.6) is 0 Å². The number of piperazine rings is 1. The molecule has 0 unspecified atom stereocenters. The first kappa shape index (κ1) is 20.3. The average molecular weight is 387 g/mol. The maximum absolute atomic E-state index is 12.9. The van der Waals surface area contributed by atoms with Crippen molar-refractivity contribution in [1.29, 1.82) is 0 Å². The van der Waals surface area contributed by atoms with Crippen molar-refractivity contribution in [3.8, 4) is 0 Å². The molecule has 152 valence electrons. The van der Waals surface area contributed by atoms with Gasteiger partial charge in [0.1, 0.15) is 24.0 Å². The lowest BCUT2D eigenvalue weighted by Gasteiger charge is -2.34. The molecule has 1 aliphatic rings. The molecule has 8 nitrogen and oxygen atoms in total. The third-order valence-electron chi connectivity index (χ3n) is 5.15. The summed E-state index contributed by atoms with van der Waals surface area (Å²) in [4.78, 5) is 33.3. The first-order valence-corrected chi connectivity index (χ1v) is 9.91. The molecule has 0 spiro atoms. The minimum absolute atomic E-state index is 0.171. The Morgan fingerprint density at radius 2 is 1.96 bits per heavy atom. The molecule has 1 saturated heterocycles. The van der Waals surface area contributed by atoms with E-state index in [1.807, 2.05) is 13.0 Å². The number of carbonyl (C=O) groups is 1. The fourth-order valence-electron chi connectivity index (χ4n) is 3.41. The largest absolute Gasteiger partial charge is 0.427 e. The molecule has 0 N–H and O–H groups in total. The zero-order valence-corrected chi connectivity index (χ0v) is 16.9. The summed E-state index contributed by atoms with van der Waals surface area (Å²) >= 11 is 0. The van der Waals surface area contributed by atoms with E-state index < -0.39 is 5.63 Å². The zero-order valence-electron chi connectivity index (χ0n) is 16.9. The van der Waals surface area contributed by atoms with Gasteiger partial charge in [-0.3, -0.25) is 14.4 Å². The van der Waals surface area contributed by atoms with Gasteiger partial charge in [-0.25, -0.2) is 9.78 Å². The first-order chi connectivity index (χ1) is 13.4. The van der Waals surface area contributed by atoms with Crippen molar-refractivity contribution in [3.63, 3.8) is 0 Å². The molecule has 0 aliphatic carbocycles. The molecular weight excluding hydrogens is 358 g/mol. The molecule has 1 fully saturated rings. The summed E-state index contributed by atoms with van der Waals surface area (Å²) in [5.74, 6) is 0.969. The van der Waals surface area contributed by atoms with Crippen molar-refractivity contribution in [3.05, 3.63) is 46.0 Å². The highest BCUT2D eigenvalue weighted by Crippen LogP contribution is 2.14. The minimum Gasteiger partial charge on any atom is -0.427 e. The Labute approximate surface area is 165 Å². The van der Waals surface area contributed by atoms with Crippen LogP contribution in [0.4, 0.5) is 0 Å². The van der Waals surface area contributed by atoms with Gasteiger partial charge < -0.3 is 9.32 Å². The van der Waals surface area contributed by atoms with Gasteiger partial charge >= 0.3 is 5.63 Å². The van der Waals surface area contributed by atoms with Gasteiger partial charge in [-0.2, -0.15) is 5.10 Å². The number of hydrogen-bond donors (Lipinski definition) is 0. The third kappa shape index (κ3) is 5.07. The molecule has 0 saturated carbocycles. The Bertz CT molecular complexity index is 836. The minimum atomic E-state index is -0.516. The second-order valence-electron chi connectivity index (χ2n) is 7.78. The molecule has 1 aliphatic heterocycles. The van der Waals surface area contributed by atoms with Gasteiger partial charge in [0, 0.05) is 39.1 Å². The molecule has 3 rings (SSSR count). The average Bonchev–Trinajstić information content (AvgIpc) is 3.18. The van der Waals surface area contributed by atoms with E-state index in [1.165, 1.54) is 6.33 Å². The molecule has 3 heterocycles. The Kier molecular flexibility index (Phi) is 6.61. The standard InChI is InChI=1S/C20H29N5O3/c1-15(2)4-5-17-12-16(3)18(20(27)28-17)19(26)24-9-6-23(7-10-24)8-11-25-14-21-13-22-25/h12-15H,4-11H2,1-3H3. The Morgan fingerprint density at radius 1 is 1.21 bits per heavy atom. The first-order valence-electron chi connectivity index (χ1n) is 9.91. The van der Waals surface area contributed by atoms with Gasteiger partial charge in [-0.1, -0.05) is 13.8 Å². The normalized spacial score (nSPS) is 15.4. The Balaban J connectivity index is 1.58. The zero-order chi connectivity index (χ0) is 20.1. The van der Waals surface area contributed by atoms with E-state index in [0.717, 1.165) is 32.6 Å². The molecular formula is C20H29N5O3. The van der Waals surface area contributed by atoms with E-state index in [2.05, 4.69) is 28.8 Å². The Hall–Kier alpha value is -2.48. The van der Waals surface area contributed by atoms with E-state index in [9.17, 15) is 9.59 Å². The molecule has 0 bridgehead atoms. The maximum Gasteiger partial charge on any atom is 0.349 e.